The van der Waals surface area contributed by atoms with Crippen LogP contribution in [0.2, 0.25) is 0 Å². The number of rotatable bonds is 6. The Labute approximate surface area is 208 Å². The Hall–Kier alpha value is -2.65. The van der Waals surface area contributed by atoms with Crippen LogP contribution in [-0.4, -0.2) is 19.0 Å². The van der Waals surface area contributed by atoms with Crippen molar-refractivity contribution in [3.63, 3.8) is 0 Å². The summed E-state index contributed by atoms with van der Waals surface area (Å²) in [4.78, 5) is 16.7. The molecule has 0 amide bonds. The highest BCUT2D eigenvalue weighted by Gasteiger charge is 2.24. The fourth-order valence-electron chi connectivity index (χ4n) is 3.18. The SMILES string of the molecule is COc1cc(/C=C2\N=C(c3ccc(I)c(Br)c3)OC2=O)ccc1OCc1cccc(C)c1. The molecule has 1 aliphatic rings. The van der Waals surface area contributed by atoms with Crippen molar-refractivity contribution in [2.45, 2.75) is 13.5 Å². The minimum Gasteiger partial charge on any atom is -0.493 e. The number of benzene rings is 3. The first-order valence-corrected chi connectivity index (χ1v) is 11.6. The van der Waals surface area contributed by atoms with E-state index in [2.05, 4.69) is 49.6 Å². The lowest BCUT2D eigenvalue weighted by Gasteiger charge is -2.12. The van der Waals surface area contributed by atoms with Crippen LogP contribution in [0.5, 0.6) is 11.5 Å². The van der Waals surface area contributed by atoms with Crippen LogP contribution in [0, 0.1) is 10.5 Å². The van der Waals surface area contributed by atoms with E-state index in [9.17, 15) is 4.79 Å². The largest absolute Gasteiger partial charge is 0.493 e. The summed E-state index contributed by atoms with van der Waals surface area (Å²) in [5.41, 5.74) is 3.97. The molecular formula is C25H19BrINO4. The van der Waals surface area contributed by atoms with Crippen LogP contribution in [0.4, 0.5) is 0 Å². The Morgan fingerprint density at radius 1 is 1.09 bits per heavy atom. The smallest absolute Gasteiger partial charge is 0.363 e. The number of esters is 1. The van der Waals surface area contributed by atoms with Crippen LogP contribution in [0.25, 0.3) is 6.08 Å². The van der Waals surface area contributed by atoms with E-state index in [0.717, 1.165) is 24.7 Å². The molecule has 0 aliphatic carbocycles. The molecule has 32 heavy (non-hydrogen) atoms. The molecule has 4 rings (SSSR count). The lowest BCUT2D eigenvalue weighted by molar-refractivity contribution is -0.129. The van der Waals surface area contributed by atoms with Gasteiger partial charge in [-0.25, -0.2) is 9.79 Å². The first kappa shape index (κ1) is 22.5. The molecule has 0 unspecified atom stereocenters. The molecule has 0 aromatic heterocycles. The highest BCUT2D eigenvalue weighted by molar-refractivity contribution is 14.1. The van der Waals surface area contributed by atoms with Crippen molar-refractivity contribution in [2.24, 2.45) is 4.99 Å². The quantitative estimate of drug-likeness (QED) is 0.189. The number of hydrogen-bond donors (Lipinski definition) is 0. The second-order valence-corrected chi connectivity index (χ2v) is 9.17. The molecule has 0 saturated heterocycles. The highest BCUT2D eigenvalue weighted by Crippen LogP contribution is 2.31. The van der Waals surface area contributed by atoms with Gasteiger partial charge in [-0.1, -0.05) is 35.9 Å². The van der Waals surface area contributed by atoms with Crippen LogP contribution >= 0.6 is 38.5 Å². The molecule has 0 spiro atoms. The zero-order chi connectivity index (χ0) is 22.7. The van der Waals surface area contributed by atoms with Gasteiger partial charge in [-0.2, -0.15) is 0 Å². The number of nitrogens with zero attached hydrogens (tertiary/aromatic N) is 1. The summed E-state index contributed by atoms with van der Waals surface area (Å²) in [5, 5.41) is 0. The maximum Gasteiger partial charge on any atom is 0.363 e. The van der Waals surface area contributed by atoms with E-state index in [1.54, 1.807) is 19.3 Å². The Kier molecular flexibility index (Phi) is 6.95. The second kappa shape index (κ2) is 9.87. The minimum atomic E-state index is -0.492. The summed E-state index contributed by atoms with van der Waals surface area (Å²) in [6.45, 7) is 2.48. The van der Waals surface area contributed by atoms with E-state index in [4.69, 9.17) is 14.2 Å². The zero-order valence-corrected chi connectivity index (χ0v) is 21.1. The lowest BCUT2D eigenvalue weighted by atomic mass is 10.1. The van der Waals surface area contributed by atoms with Crippen molar-refractivity contribution in [2.75, 3.05) is 7.11 Å². The minimum absolute atomic E-state index is 0.227. The first-order chi connectivity index (χ1) is 15.4. The molecule has 5 nitrogen and oxygen atoms in total. The van der Waals surface area contributed by atoms with E-state index in [0.29, 0.717) is 18.1 Å². The zero-order valence-electron chi connectivity index (χ0n) is 17.4. The van der Waals surface area contributed by atoms with Gasteiger partial charge in [0, 0.05) is 13.6 Å². The van der Waals surface area contributed by atoms with Gasteiger partial charge in [0.15, 0.2) is 17.2 Å². The van der Waals surface area contributed by atoms with E-state index < -0.39 is 5.97 Å². The summed E-state index contributed by atoms with van der Waals surface area (Å²) in [6.07, 6.45) is 1.67. The number of halogens is 2. The normalized spacial score (nSPS) is 14.3. The third-order valence-corrected chi connectivity index (χ3v) is 7.09. The molecule has 0 radical (unpaired) electrons. The number of aliphatic imine (C=N–C) groups is 1. The number of aryl methyl sites for hydroxylation is 1. The average molecular weight is 604 g/mol. The van der Waals surface area contributed by atoms with Gasteiger partial charge in [0.25, 0.3) is 0 Å². The van der Waals surface area contributed by atoms with E-state index >= 15 is 0 Å². The molecule has 1 heterocycles. The maximum absolute atomic E-state index is 12.3. The summed E-state index contributed by atoms with van der Waals surface area (Å²) in [6, 6.07) is 19.3. The summed E-state index contributed by atoms with van der Waals surface area (Å²) in [7, 11) is 1.58. The number of ether oxygens (including phenoxy) is 3. The Bertz CT molecular complexity index is 1250. The molecule has 0 saturated carbocycles. The van der Waals surface area contributed by atoms with Gasteiger partial charge in [-0.05, 0) is 93.0 Å². The fraction of sp³-hybridized carbons (Fsp3) is 0.120. The van der Waals surface area contributed by atoms with Crippen molar-refractivity contribution < 1.29 is 19.0 Å². The van der Waals surface area contributed by atoms with Crippen molar-refractivity contribution >= 4 is 56.5 Å². The van der Waals surface area contributed by atoms with Crippen molar-refractivity contribution in [3.05, 3.63) is 96.7 Å². The molecule has 7 heteroatoms. The second-order valence-electron chi connectivity index (χ2n) is 7.15. The molecule has 0 bridgehead atoms. The van der Waals surface area contributed by atoms with Gasteiger partial charge >= 0.3 is 5.97 Å². The molecular weight excluding hydrogens is 585 g/mol. The van der Waals surface area contributed by atoms with Crippen molar-refractivity contribution in [1.29, 1.82) is 0 Å². The summed E-state index contributed by atoms with van der Waals surface area (Å²) in [5.74, 6) is 0.985. The van der Waals surface area contributed by atoms with Crippen LogP contribution in [0.3, 0.4) is 0 Å². The van der Waals surface area contributed by atoms with Gasteiger partial charge in [0.2, 0.25) is 5.90 Å². The Morgan fingerprint density at radius 2 is 1.94 bits per heavy atom. The number of cyclic esters (lactones) is 1. The molecule has 1 aliphatic heterocycles. The van der Waals surface area contributed by atoms with Gasteiger partial charge in [-0.3, -0.25) is 0 Å². The number of carbonyl (C=O) groups excluding carboxylic acids is 1. The lowest BCUT2D eigenvalue weighted by Crippen LogP contribution is -2.05. The van der Waals surface area contributed by atoms with Gasteiger partial charge in [0.05, 0.1) is 7.11 Å². The molecule has 0 N–H and O–H groups in total. The van der Waals surface area contributed by atoms with E-state index in [-0.39, 0.29) is 11.6 Å². The summed E-state index contributed by atoms with van der Waals surface area (Å²) < 4.78 is 18.8. The third-order valence-electron chi connectivity index (χ3n) is 4.75. The van der Waals surface area contributed by atoms with E-state index in [1.807, 2.05) is 55.5 Å². The monoisotopic (exact) mass is 603 g/mol. The Balaban J connectivity index is 1.54. The van der Waals surface area contributed by atoms with Gasteiger partial charge in [-0.15, -0.1) is 0 Å². The van der Waals surface area contributed by atoms with Crippen LogP contribution in [0.1, 0.15) is 22.3 Å². The first-order valence-electron chi connectivity index (χ1n) is 9.77. The molecule has 162 valence electrons. The summed E-state index contributed by atoms with van der Waals surface area (Å²) >= 11 is 5.71. The number of carbonyl (C=O) groups is 1. The molecule has 3 aromatic rings. The maximum atomic E-state index is 12.3. The standard InChI is InChI=1S/C25H19BrINO4/c1-15-4-3-5-17(10-15)14-31-22-9-6-16(12-23(22)30-2)11-21-25(29)32-24(28-21)18-7-8-20(27)19(26)13-18/h3-13H,14H2,1-2H3/b21-11-. The predicted molar refractivity (Wildman–Crippen MR) is 136 cm³/mol. The van der Waals surface area contributed by atoms with Crippen molar-refractivity contribution in [3.8, 4) is 11.5 Å². The number of methoxy groups -OCH3 is 1. The average Bonchev–Trinajstić information content (AvgIpc) is 3.14. The van der Waals surface area contributed by atoms with Gasteiger partial charge in [0.1, 0.15) is 6.61 Å². The van der Waals surface area contributed by atoms with Crippen LogP contribution in [-0.2, 0) is 16.1 Å². The third kappa shape index (κ3) is 5.21. The molecule has 0 fully saturated rings. The fourth-order valence-corrected chi connectivity index (χ4v) is 3.89. The number of hydrogen-bond acceptors (Lipinski definition) is 5. The molecule has 3 aromatic carbocycles. The highest BCUT2D eigenvalue weighted by atomic mass is 127. The van der Waals surface area contributed by atoms with Crippen molar-refractivity contribution in [1.82, 2.24) is 0 Å². The predicted octanol–water partition coefficient (Wildman–Crippen LogP) is 6.29. The Morgan fingerprint density at radius 3 is 2.69 bits per heavy atom. The van der Waals surface area contributed by atoms with Crippen LogP contribution in [0.15, 0.2) is 75.8 Å². The topological polar surface area (TPSA) is 57.1 Å². The molecule has 0 atom stereocenters. The van der Waals surface area contributed by atoms with Gasteiger partial charge < -0.3 is 14.2 Å². The van der Waals surface area contributed by atoms with Crippen LogP contribution < -0.4 is 9.47 Å². The van der Waals surface area contributed by atoms with E-state index in [1.165, 1.54) is 5.56 Å².